The van der Waals surface area contributed by atoms with Crippen LogP contribution in [0.3, 0.4) is 0 Å². The molecule has 1 aliphatic rings. The van der Waals surface area contributed by atoms with Gasteiger partial charge in [0.1, 0.15) is 5.75 Å². The molecular formula is C21H26BrN3O2. The number of nitrogens with one attached hydrogen (secondary N) is 2. The molecule has 2 aromatic rings. The van der Waals surface area contributed by atoms with Crippen molar-refractivity contribution in [3.05, 3.63) is 58.6 Å². The van der Waals surface area contributed by atoms with Gasteiger partial charge in [-0.1, -0.05) is 28.1 Å². The largest absolute Gasteiger partial charge is 0.497 e. The Hall–Kier alpha value is -2.21. The van der Waals surface area contributed by atoms with Gasteiger partial charge >= 0.3 is 6.03 Å². The van der Waals surface area contributed by atoms with Gasteiger partial charge in [-0.15, -0.1) is 0 Å². The van der Waals surface area contributed by atoms with Crippen molar-refractivity contribution in [3.63, 3.8) is 0 Å². The van der Waals surface area contributed by atoms with Gasteiger partial charge in [0, 0.05) is 29.3 Å². The SMILES string of the molecule is COc1ccc(N2CCC(NC(=O)NC(C)c3ccc(Br)cc3)CC2)cc1. The normalized spacial score (nSPS) is 15.9. The molecule has 0 saturated carbocycles. The number of hydrogen-bond donors (Lipinski definition) is 2. The number of rotatable bonds is 5. The van der Waals surface area contributed by atoms with E-state index in [1.807, 2.05) is 43.3 Å². The van der Waals surface area contributed by atoms with Crippen molar-refractivity contribution in [3.8, 4) is 5.75 Å². The third-order valence-corrected chi connectivity index (χ3v) is 5.51. The topological polar surface area (TPSA) is 53.6 Å². The predicted molar refractivity (Wildman–Crippen MR) is 112 cm³/mol. The molecule has 2 N–H and O–H groups in total. The second kappa shape index (κ2) is 9.13. The fourth-order valence-electron chi connectivity index (χ4n) is 3.33. The van der Waals surface area contributed by atoms with Crippen molar-refractivity contribution in [2.24, 2.45) is 0 Å². The lowest BCUT2D eigenvalue weighted by Gasteiger charge is -2.34. The number of halogens is 1. The smallest absolute Gasteiger partial charge is 0.315 e. The van der Waals surface area contributed by atoms with Gasteiger partial charge in [-0.2, -0.15) is 0 Å². The predicted octanol–water partition coefficient (Wildman–Crippen LogP) is 4.49. The Kier molecular flexibility index (Phi) is 6.61. The second-order valence-corrected chi connectivity index (χ2v) is 7.77. The lowest BCUT2D eigenvalue weighted by Crippen LogP contribution is -2.48. The maximum absolute atomic E-state index is 12.3. The van der Waals surface area contributed by atoms with Crippen LogP contribution in [-0.4, -0.2) is 32.3 Å². The molecule has 2 aromatic carbocycles. The molecule has 1 saturated heterocycles. The minimum Gasteiger partial charge on any atom is -0.497 e. The van der Waals surface area contributed by atoms with Gasteiger partial charge in [0.25, 0.3) is 0 Å². The van der Waals surface area contributed by atoms with E-state index in [2.05, 4.69) is 43.6 Å². The van der Waals surface area contributed by atoms with E-state index in [1.165, 1.54) is 5.69 Å². The van der Waals surface area contributed by atoms with Crippen LogP contribution in [-0.2, 0) is 0 Å². The van der Waals surface area contributed by atoms with E-state index in [-0.39, 0.29) is 18.1 Å². The number of piperidine rings is 1. The highest BCUT2D eigenvalue weighted by Gasteiger charge is 2.21. The fourth-order valence-corrected chi connectivity index (χ4v) is 3.60. The summed E-state index contributed by atoms with van der Waals surface area (Å²) in [7, 11) is 1.68. The van der Waals surface area contributed by atoms with Gasteiger partial charge in [0.15, 0.2) is 0 Å². The molecule has 1 atom stereocenters. The zero-order valence-corrected chi connectivity index (χ0v) is 17.3. The molecule has 1 heterocycles. The molecular weight excluding hydrogens is 406 g/mol. The number of urea groups is 1. The summed E-state index contributed by atoms with van der Waals surface area (Å²) in [5, 5.41) is 6.14. The summed E-state index contributed by atoms with van der Waals surface area (Å²) in [6, 6.07) is 16.2. The maximum atomic E-state index is 12.3. The van der Waals surface area contributed by atoms with E-state index in [0.717, 1.165) is 41.7 Å². The van der Waals surface area contributed by atoms with Crippen molar-refractivity contribution in [2.75, 3.05) is 25.1 Å². The van der Waals surface area contributed by atoms with Crippen LogP contribution in [0.15, 0.2) is 53.0 Å². The Morgan fingerprint density at radius 1 is 1.11 bits per heavy atom. The van der Waals surface area contributed by atoms with Gasteiger partial charge in [-0.25, -0.2) is 4.79 Å². The lowest BCUT2D eigenvalue weighted by molar-refractivity contribution is 0.231. The van der Waals surface area contributed by atoms with Crippen molar-refractivity contribution >= 4 is 27.6 Å². The van der Waals surface area contributed by atoms with E-state index in [1.54, 1.807) is 7.11 Å². The molecule has 3 rings (SSSR count). The second-order valence-electron chi connectivity index (χ2n) is 6.85. The van der Waals surface area contributed by atoms with Crippen LogP contribution < -0.4 is 20.3 Å². The molecule has 1 aliphatic heterocycles. The Bertz CT molecular complexity index is 741. The van der Waals surface area contributed by atoms with E-state index < -0.39 is 0 Å². The first kappa shape index (κ1) is 19.5. The Morgan fingerprint density at radius 2 is 1.74 bits per heavy atom. The van der Waals surface area contributed by atoms with E-state index in [0.29, 0.717) is 0 Å². The summed E-state index contributed by atoms with van der Waals surface area (Å²) >= 11 is 3.43. The number of nitrogens with zero attached hydrogens (tertiary/aromatic N) is 1. The molecule has 0 bridgehead atoms. The monoisotopic (exact) mass is 431 g/mol. The molecule has 0 aliphatic carbocycles. The van der Waals surface area contributed by atoms with Crippen molar-refractivity contribution < 1.29 is 9.53 Å². The first-order chi connectivity index (χ1) is 13.0. The molecule has 0 radical (unpaired) electrons. The van der Waals surface area contributed by atoms with Crippen LogP contribution in [0.2, 0.25) is 0 Å². The zero-order chi connectivity index (χ0) is 19.2. The number of benzene rings is 2. The first-order valence-corrected chi connectivity index (χ1v) is 10.1. The number of amides is 2. The van der Waals surface area contributed by atoms with Crippen LogP contribution >= 0.6 is 15.9 Å². The Labute approximate surface area is 169 Å². The van der Waals surface area contributed by atoms with Crippen molar-refractivity contribution in [1.82, 2.24) is 10.6 Å². The number of methoxy groups -OCH3 is 1. The summed E-state index contributed by atoms with van der Waals surface area (Å²) in [4.78, 5) is 14.7. The summed E-state index contributed by atoms with van der Waals surface area (Å²) in [6.45, 7) is 3.86. The summed E-state index contributed by atoms with van der Waals surface area (Å²) in [6.07, 6.45) is 1.87. The number of carbonyl (C=O) groups is 1. The highest BCUT2D eigenvalue weighted by molar-refractivity contribution is 9.10. The average molecular weight is 432 g/mol. The molecule has 2 amide bonds. The van der Waals surface area contributed by atoms with Gasteiger partial charge in [0.05, 0.1) is 13.2 Å². The molecule has 0 spiro atoms. The number of hydrogen-bond acceptors (Lipinski definition) is 3. The number of anilines is 1. The van der Waals surface area contributed by atoms with E-state index in [9.17, 15) is 4.79 Å². The van der Waals surface area contributed by atoms with E-state index in [4.69, 9.17) is 4.74 Å². The summed E-state index contributed by atoms with van der Waals surface area (Å²) in [5.41, 5.74) is 2.28. The van der Waals surface area contributed by atoms with Gasteiger partial charge in [-0.05, 0) is 61.7 Å². The molecule has 0 aromatic heterocycles. The molecule has 5 nitrogen and oxygen atoms in total. The maximum Gasteiger partial charge on any atom is 0.315 e. The highest BCUT2D eigenvalue weighted by Crippen LogP contribution is 2.23. The third-order valence-electron chi connectivity index (χ3n) is 4.99. The third kappa shape index (κ3) is 5.39. The standard InChI is InChI=1S/C21H26BrN3O2/c1-15(16-3-5-17(22)6-4-16)23-21(26)24-18-11-13-25(14-12-18)19-7-9-20(27-2)10-8-19/h3-10,15,18H,11-14H2,1-2H3,(H2,23,24,26). The summed E-state index contributed by atoms with van der Waals surface area (Å²) < 4.78 is 6.25. The number of carbonyl (C=O) groups excluding carboxylic acids is 1. The Balaban J connectivity index is 1.45. The molecule has 1 fully saturated rings. The molecule has 6 heteroatoms. The van der Waals surface area contributed by atoms with Crippen LogP contribution in [0, 0.1) is 0 Å². The van der Waals surface area contributed by atoms with Gasteiger partial charge in [0.2, 0.25) is 0 Å². The zero-order valence-electron chi connectivity index (χ0n) is 15.7. The number of ether oxygens (including phenoxy) is 1. The first-order valence-electron chi connectivity index (χ1n) is 9.26. The highest BCUT2D eigenvalue weighted by atomic mass is 79.9. The quantitative estimate of drug-likeness (QED) is 0.732. The molecule has 1 unspecified atom stereocenters. The molecule has 144 valence electrons. The average Bonchev–Trinajstić information content (AvgIpc) is 2.69. The van der Waals surface area contributed by atoms with Crippen molar-refractivity contribution in [1.29, 1.82) is 0 Å². The molecule has 27 heavy (non-hydrogen) atoms. The van der Waals surface area contributed by atoms with Crippen LogP contribution in [0.4, 0.5) is 10.5 Å². The van der Waals surface area contributed by atoms with Crippen LogP contribution in [0.5, 0.6) is 5.75 Å². The lowest BCUT2D eigenvalue weighted by atomic mass is 10.0. The van der Waals surface area contributed by atoms with Crippen LogP contribution in [0.25, 0.3) is 0 Å². The van der Waals surface area contributed by atoms with Gasteiger partial charge < -0.3 is 20.3 Å². The summed E-state index contributed by atoms with van der Waals surface area (Å²) in [5.74, 6) is 0.867. The van der Waals surface area contributed by atoms with E-state index >= 15 is 0 Å². The van der Waals surface area contributed by atoms with Crippen molar-refractivity contribution in [2.45, 2.75) is 31.8 Å². The van der Waals surface area contributed by atoms with Gasteiger partial charge in [-0.3, -0.25) is 0 Å². The van der Waals surface area contributed by atoms with Crippen LogP contribution in [0.1, 0.15) is 31.4 Å². The minimum absolute atomic E-state index is 0.0301. The minimum atomic E-state index is -0.103. The Morgan fingerprint density at radius 3 is 2.33 bits per heavy atom. The fraction of sp³-hybridized carbons (Fsp3) is 0.381.